The minimum Gasteiger partial charge on any atom is -0.443 e. The molecule has 0 spiro atoms. The van der Waals surface area contributed by atoms with Crippen molar-refractivity contribution < 1.29 is 38.9 Å². The number of hydrogen-bond donors (Lipinski definition) is 6. The molecule has 2 heterocycles. The van der Waals surface area contributed by atoms with Gasteiger partial charge in [-0.05, 0) is 60.1 Å². The smallest absolute Gasteiger partial charge is 0.408 e. The van der Waals surface area contributed by atoms with Gasteiger partial charge in [-0.25, -0.2) is 9.59 Å². The Labute approximate surface area is 327 Å². The van der Waals surface area contributed by atoms with E-state index in [0.29, 0.717) is 11.4 Å². The van der Waals surface area contributed by atoms with Crippen LogP contribution in [0.1, 0.15) is 50.2 Å². The molecule has 14 nitrogen and oxygen atoms in total. The molecule has 56 heavy (non-hydrogen) atoms. The third-order valence-corrected chi connectivity index (χ3v) is 9.03. The summed E-state index contributed by atoms with van der Waals surface area (Å²) in [5.41, 5.74) is 2.57. The fourth-order valence-electron chi connectivity index (χ4n) is 5.92. The molecule has 0 saturated carbocycles. The minimum atomic E-state index is -1.62. The number of aliphatic hydroxyl groups is 2. The van der Waals surface area contributed by atoms with E-state index in [4.69, 9.17) is 9.47 Å². The van der Waals surface area contributed by atoms with E-state index in [0.717, 1.165) is 11.1 Å². The summed E-state index contributed by atoms with van der Waals surface area (Å²) in [5, 5.41) is 34.7. The molecule has 298 valence electrons. The van der Waals surface area contributed by atoms with Crippen molar-refractivity contribution in [3.8, 4) is 0 Å². The van der Waals surface area contributed by atoms with Gasteiger partial charge in [-0.15, -0.1) is 0 Å². The van der Waals surface area contributed by atoms with Gasteiger partial charge in [0.05, 0.1) is 23.5 Å². The Morgan fingerprint density at radius 1 is 0.536 bits per heavy atom. The van der Waals surface area contributed by atoms with E-state index in [1.165, 1.54) is 0 Å². The first kappa shape index (κ1) is 42.9. The summed E-state index contributed by atoms with van der Waals surface area (Å²) in [6, 6.07) is 24.3. The van der Waals surface area contributed by atoms with Gasteiger partial charge in [0.2, 0.25) is 11.8 Å². The Morgan fingerprint density at radius 3 is 1.21 bits per heavy atom. The van der Waals surface area contributed by atoms with Crippen molar-refractivity contribution in [2.75, 3.05) is 0 Å². The molecular formula is C42H52N6O8. The van der Waals surface area contributed by atoms with Crippen LogP contribution in [0.4, 0.5) is 9.59 Å². The summed E-state index contributed by atoms with van der Waals surface area (Å²) in [6.45, 7) is 6.79. The van der Waals surface area contributed by atoms with Crippen LogP contribution in [0.5, 0.6) is 0 Å². The summed E-state index contributed by atoms with van der Waals surface area (Å²) >= 11 is 0. The second kappa shape index (κ2) is 21.9. The molecule has 0 aliphatic heterocycles. The molecule has 0 unspecified atom stereocenters. The van der Waals surface area contributed by atoms with Crippen molar-refractivity contribution in [2.24, 2.45) is 11.8 Å². The molecule has 0 aliphatic rings. The monoisotopic (exact) mass is 768 g/mol. The van der Waals surface area contributed by atoms with Crippen LogP contribution in [0.2, 0.25) is 0 Å². The van der Waals surface area contributed by atoms with Crippen LogP contribution in [0.15, 0.2) is 109 Å². The van der Waals surface area contributed by atoms with Crippen LogP contribution in [0, 0.1) is 11.8 Å². The summed E-state index contributed by atoms with van der Waals surface area (Å²) in [6.07, 6.45) is -1.55. The molecule has 6 atom stereocenters. The zero-order chi connectivity index (χ0) is 40.5. The van der Waals surface area contributed by atoms with Crippen LogP contribution >= 0.6 is 0 Å². The highest BCUT2D eigenvalue weighted by Gasteiger charge is 2.37. The normalized spacial score (nSPS) is 14.4. The number of carbonyl (C=O) groups is 4. The molecule has 4 amide bonds. The maximum atomic E-state index is 13.9. The number of aliphatic hydroxyl groups excluding tert-OH is 2. The number of alkyl carbamates (subject to hydrolysis) is 2. The van der Waals surface area contributed by atoms with Gasteiger partial charge in [-0.2, -0.15) is 0 Å². The first-order chi connectivity index (χ1) is 26.9. The van der Waals surface area contributed by atoms with Gasteiger partial charge in [0, 0.05) is 12.4 Å². The number of rotatable bonds is 19. The highest BCUT2D eigenvalue weighted by Crippen LogP contribution is 2.17. The van der Waals surface area contributed by atoms with E-state index in [1.54, 1.807) is 76.5 Å². The average Bonchev–Trinajstić information content (AvgIpc) is 3.20. The van der Waals surface area contributed by atoms with E-state index >= 15 is 0 Å². The van der Waals surface area contributed by atoms with Gasteiger partial charge in [-0.3, -0.25) is 19.6 Å². The van der Waals surface area contributed by atoms with E-state index < -0.39 is 72.2 Å². The van der Waals surface area contributed by atoms with Gasteiger partial charge < -0.3 is 41.0 Å². The van der Waals surface area contributed by atoms with Crippen molar-refractivity contribution in [1.29, 1.82) is 0 Å². The van der Waals surface area contributed by atoms with Crippen LogP contribution in [0.25, 0.3) is 0 Å². The first-order valence-corrected chi connectivity index (χ1v) is 18.6. The fourth-order valence-corrected chi connectivity index (χ4v) is 5.92. The zero-order valence-corrected chi connectivity index (χ0v) is 32.1. The lowest BCUT2D eigenvalue weighted by Crippen LogP contribution is -2.61. The molecule has 6 N–H and O–H groups in total. The summed E-state index contributed by atoms with van der Waals surface area (Å²) in [4.78, 5) is 61.6. The third kappa shape index (κ3) is 13.8. The van der Waals surface area contributed by atoms with Crippen LogP contribution in [-0.4, -0.2) is 80.6 Å². The van der Waals surface area contributed by atoms with Crippen LogP contribution < -0.4 is 21.3 Å². The largest absolute Gasteiger partial charge is 0.443 e. The first-order valence-electron chi connectivity index (χ1n) is 18.6. The SMILES string of the molecule is CC(C)[C@H](NC(=O)OCc1ccccn1)C(=O)N[C@@H](Cc1ccccc1)[C@@H](O)[C@H](O)[C@H](Cc1ccccc1)NC(=O)[C@H](NC(=O)OCc1ccccn1)C(C)C. The van der Waals surface area contributed by atoms with Crippen molar-refractivity contribution >= 4 is 24.0 Å². The number of aromatic nitrogens is 2. The Hall–Kier alpha value is -5.86. The Kier molecular flexibility index (Phi) is 16.8. The lowest BCUT2D eigenvalue weighted by Gasteiger charge is -2.35. The van der Waals surface area contributed by atoms with Crippen molar-refractivity contribution in [3.05, 3.63) is 132 Å². The van der Waals surface area contributed by atoms with Crippen molar-refractivity contribution in [3.63, 3.8) is 0 Å². The van der Waals surface area contributed by atoms with E-state index in [2.05, 4.69) is 31.2 Å². The van der Waals surface area contributed by atoms with Crippen LogP contribution in [0.3, 0.4) is 0 Å². The Balaban J connectivity index is 1.53. The molecule has 0 bridgehead atoms. The highest BCUT2D eigenvalue weighted by atomic mass is 16.6. The fraction of sp³-hybridized carbons (Fsp3) is 0.381. The molecular weight excluding hydrogens is 716 g/mol. The third-order valence-electron chi connectivity index (χ3n) is 9.03. The maximum absolute atomic E-state index is 13.9. The molecule has 14 heteroatoms. The van der Waals surface area contributed by atoms with E-state index in [-0.39, 0.29) is 26.1 Å². The summed E-state index contributed by atoms with van der Waals surface area (Å²) < 4.78 is 10.6. The summed E-state index contributed by atoms with van der Waals surface area (Å²) in [5.74, 6) is -2.01. The maximum Gasteiger partial charge on any atom is 0.408 e. The van der Waals surface area contributed by atoms with Crippen molar-refractivity contribution in [1.82, 2.24) is 31.2 Å². The standard InChI is InChI=1S/C42H52N6O8/c1-27(2)35(47-41(53)55-25-31-19-11-13-21-43-31)39(51)45-33(23-29-15-7-5-8-16-29)37(49)38(50)34(24-30-17-9-6-10-18-30)46-40(52)36(28(3)4)48-42(54)56-26-32-20-12-14-22-44-32/h5-22,27-28,33-38,49-50H,23-26H2,1-4H3,(H,45,51)(H,46,52)(H,47,53)(H,48,54)/t33-,34-,35-,36+,37+,38+/m0/s1. The highest BCUT2D eigenvalue weighted by molar-refractivity contribution is 5.87. The Morgan fingerprint density at radius 2 is 0.893 bits per heavy atom. The van der Waals surface area contributed by atoms with Crippen molar-refractivity contribution in [2.45, 2.75) is 90.1 Å². The second-order valence-corrected chi connectivity index (χ2v) is 14.1. The number of amides is 4. The van der Waals surface area contributed by atoms with Gasteiger partial charge in [-0.1, -0.05) is 100 Å². The van der Waals surface area contributed by atoms with Gasteiger partial charge in [0.25, 0.3) is 0 Å². The number of pyridine rings is 2. The van der Waals surface area contributed by atoms with Gasteiger partial charge >= 0.3 is 12.2 Å². The number of benzene rings is 2. The molecule has 2 aromatic carbocycles. The predicted molar refractivity (Wildman–Crippen MR) is 209 cm³/mol. The molecule has 4 aromatic rings. The zero-order valence-electron chi connectivity index (χ0n) is 32.1. The summed E-state index contributed by atoms with van der Waals surface area (Å²) in [7, 11) is 0. The predicted octanol–water partition coefficient (Wildman–Crippen LogP) is 3.86. The topological polar surface area (TPSA) is 201 Å². The number of hydrogen-bond acceptors (Lipinski definition) is 10. The molecule has 2 aromatic heterocycles. The minimum absolute atomic E-state index is 0.101. The molecule has 0 aliphatic carbocycles. The second-order valence-electron chi connectivity index (χ2n) is 14.1. The number of carbonyl (C=O) groups excluding carboxylic acids is 4. The molecule has 4 rings (SSSR count). The number of nitrogens with zero attached hydrogens (tertiary/aromatic N) is 2. The van der Waals surface area contributed by atoms with Gasteiger partial charge in [0.15, 0.2) is 0 Å². The van der Waals surface area contributed by atoms with E-state index in [1.807, 2.05) is 60.7 Å². The lowest BCUT2D eigenvalue weighted by molar-refractivity contribution is -0.129. The molecule has 0 fully saturated rings. The van der Waals surface area contributed by atoms with Crippen LogP contribution in [-0.2, 0) is 45.1 Å². The lowest BCUT2D eigenvalue weighted by atomic mass is 9.90. The molecule has 0 radical (unpaired) electrons. The number of nitrogens with one attached hydrogen (secondary N) is 4. The number of ether oxygens (including phenoxy) is 2. The quantitative estimate of drug-likeness (QED) is 0.0814. The molecule has 0 saturated heterocycles. The van der Waals surface area contributed by atoms with E-state index in [9.17, 15) is 29.4 Å². The van der Waals surface area contributed by atoms with Gasteiger partial charge in [0.1, 0.15) is 37.5 Å². The average molecular weight is 769 g/mol. The Bertz CT molecular complexity index is 1670.